The number of aromatic nitrogens is 1. The number of azide groups is 1. The maximum Gasteiger partial charge on any atom is 0.419 e. The second-order valence-corrected chi connectivity index (χ2v) is 2.77. The summed E-state index contributed by atoms with van der Waals surface area (Å²) >= 11 is 0. The van der Waals surface area contributed by atoms with Gasteiger partial charge < -0.3 is 4.42 Å². The van der Waals surface area contributed by atoms with Crippen LogP contribution in [0.25, 0.3) is 21.5 Å². The highest BCUT2D eigenvalue weighted by Crippen LogP contribution is 2.19. The molecule has 1 aromatic heterocycles. The molecule has 1 aromatic carbocycles. The minimum Gasteiger partial charge on any atom is -0.408 e. The summed E-state index contributed by atoms with van der Waals surface area (Å²) in [6.07, 6.45) is 0. The first-order valence-electron chi connectivity index (χ1n) is 3.87. The van der Waals surface area contributed by atoms with Crippen LogP contribution in [0.1, 0.15) is 0 Å². The lowest BCUT2D eigenvalue weighted by Gasteiger charge is -1.92. The van der Waals surface area contributed by atoms with Crippen molar-refractivity contribution >= 4 is 16.8 Å². The fourth-order valence-electron chi connectivity index (χ4n) is 1.23. The van der Waals surface area contributed by atoms with Gasteiger partial charge in [-0.15, -0.1) is 0 Å². The number of rotatable bonds is 1. The van der Waals surface area contributed by atoms with Gasteiger partial charge in [0.25, 0.3) is 0 Å². The molecule has 0 amide bonds. The van der Waals surface area contributed by atoms with Crippen molar-refractivity contribution in [3.05, 3.63) is 39.2 Å². The lowest BCUT2D eigenvalue weighted by Crippen LogP contribution is -2.08. The zero-order valence-corrected chi connectivity index (χ0v) is 7.34. The molecular weight excluding hydrogens is 184 g/mol. The number of nitrogens with zero attached hydrogens (tertiary/aromatic N) is 4. The Bertz CT molecular complexity index is 589. The summed E-state index contributed by atoms with van der Waals surface area (Å²) in [5, 5.41) is 3.43. The van der Waals surface area contributed by atoms with Crippen molar-refractivity contribution in [2.75, 3.05) is 0 Å². The van der Waals surface area contributed by atoms with Gasteiger partial charge >= 0.3 is 5.76 Å². The number of hydrogen-bond acceptors (Lipinski definition) is 3. The van der Waals surface area contributed by atoms with Crippen molar-refractivity contribution in [3.63, 3.8) is 0 Å². The second-order valence-electron chi connectivity index (χ2n) is 2.77. The third kappa shape index (κ3) is 1.14. The Morgan fingerprint density at radius 1 is 1.57 bits per heavy atom. The van der Waals surface area contributed by atoms with Gasteiger partial charge in [0.15, 0.2) is 5.58 Å². The van der Waals surface area contributed by atoms with Crippen molar-refractivity contribution < 1.29 is 4.42 Å². The Kier molecular flexibility index (Phi) is 1.76. The maximum absolute atomic E-state index is 11.1. The van der Waals surface area contributed by atoms with E-state index in [0.29, 0.717) is 16.8 Å². The van der Waals surface area contributed by atoms with E-state index in [9.17, 15) is 4.79 Å². The lowest BCUT2D eigenvalue weighted by atomic mass is 10.3. The predicted octanol–water partition coefficient (Wildman–Crippen LogP) is 2.07. The number of benzene rings is 1. The largest absolute Gasteiger partial charge is 0.419 e. The zero-order chi connectivity index (χ0) is 10.1. The third-order valence-electron chi connectivity index (χ3n) is 1.94. The van der Waals surface area contributed by atoms with Crippen LogP contribution in [0.3, 0.4) is 0 Å². The molecule has 6 nitrogen and oxygen atoms in total. The number of hydrogen-bond donors (Lipinski definition) is 0. The fourth-order valence-corrected chi connectivity index (χ4v) is 1.23. The second kappa shape index (κ2) is 2.93. The summed E-state index contributed by atoms with van der Waals surface area (Å²) in [5.74, 6) is -0.432. The molecule has 0 atom stereocenters. The molecule has 0 spiro atoms. The standard InChI is InChI=1S/C8H6N4O2/c1-12-6-4-5(10-11-9)2-3-7(6)14-8(12)13/h2-4H,1H3. The molecule has 6 heteroatoms. The highest BCUT2D eigenvalue weighted by Gasteiger charge is 2.04. The van der Waals surface area contributed by atoms with Crippen LogP contribution in [0.4, 0.5) is 5.69 Å². The quantitative estimate of drug-likeness (QED) is 0.391. The molecule has 2 aromatic rings. The van der Waals surface area contributed by atoms with Crippen LogP contribution in [0.5, 0.6) is 0 Å². The first kappa shape index (κ1) is 8.40. The lowest BCUT2D eigenvalue weighted by molar-refractivity contribution is 0.528. The third-order valence-corrected chi connectivity index (χ3v) is 1.94. The zero-order valence-electron chi connectivity index (χ0n) is 7.34. The number of aryl methyl sites for hydroxylation is 1. The van der Waals surface area contributed by atoms with E-state index in [4.69, 9.17) is 9.95 Å². The normalized spacial score (nSPS) is 10.1. The van der Waals surface area contributed by atoms with Crippen molar-refractivity contribution in [1.82, 2.24) is 4.57 Å². The van der Waals surface area contributed by atoms with Crippen LogP contribution < -0.4 is 5.76 Å². The highest BCUT2D eigenvalue weighted by atomic mass is 16.4. The minimum absolute atomic E-state index is 0.432. The van der Waals surface area contributed by atoms with Gasteiger partial charge in [0.05, 0.1) is 5.52 Å². The van der Waals surface area contributed by atoms with E-state index in [1.807, 2.05) is 0 Å². The molecule has 70 valence electrons. The minimum atomic E-state index is -0.432. The van der Waals surface area contributed by atoms with Crippen molar-refractivity contribution in [3.8, 4) is 0 Å². The van der Waals surface area contributed by atoms with Crippen molar-refractivity contribution in [2.45, 2.75) is 0 Å². The first-order chi connectivity index (χ1) is 6.72. The molecule has 0 saturated heterocycles. The van der Waals surface area contributed by atoms with Gasteiger partial charge in [-0.3, -0.25) is 4.57 Å². The van der Waals surface area contributed by atoms with E-state index in [1.165, 1.54) is 4.57 Å². The summed E-state index contributed by atoms with van der Waals surface area (Å²) in [4.78, 5) is 13.8. The van der Waals surface area contributed by atoms with Gasteiger partial charge in [-0.05, 0) is 23.7 Å². The van der Waals surface area contributed by atoms with E-state index < -0.39 is 5.76 Å². The van der Waals surface area contributed by atoms with Gasteiger partial charge in [0.1, 0.15) is 0 Å². The molecule has 0 bridgehead atoms. The van der Waals surface area contributed by atoms with Crippen LogP contribution in [0, 0.1) is 0 Å². The summed E-state index contributed by atoms with van der Waals surface area (Å²) in [6, 6.07) is 4.78. The van der Waals surface area contributed by atoms with Crippen molar-refractivity contribution in [1.29, 1.82) is 0 Å². The molecule has 1 heterocycles. The van der Waals surface area contributed by atoms with E-state index in [2.05, 4.69) is 10.0 Å². The van der Waals surface area contributed by atoms with Crippen LogP contribution >= 0.6 is 0 Å². The Hall–Kier alpha value is -2.20. The highest BCUT2D eigenvalue weighted by molar-refractivity contribution is 5.76. The smallest absolute Gasteiger partial charge is 0.408 e. The molecule has 2 rings (SSSR count). The fraction of sp³-hybridized carbons (Fsp3) is 0.125. The summed E-state index contributed by atoms with van der Waals surface area (Å²) < 4.78 is 6.26. The Morgan fingerprint density at radius 3 is 3.07 bits per heavy atom. The molecule has 0 N–H and O–H groups in total. The summed E-state index contributed by atoms with van der Waals surface area (Å²) in [5.41, 5.74) is 9.78. The van der Waals surface area contributed by atoms with E-state index >= 15 is 0 Å². The Labute approximate surface area is 78.0 Å². The molecule has 0 aliphatic carbocycles. The average Bonchev–Trinajstić information content (AvgIpc) is 2.45. The number of oxazole rings is 1. The van der Waals surface area contributed by atoms with E-state index in [-0.39, 0.29) is 0 Å². The summed E-state index contributed by atoms with van der Waals surface area (Å²) in [6.45, 7) is 0. The van der Waals surface area contributed by atoms with Gasteiger partial charge in [-0.2, -0.15) is 0 Å². The van der Waals surface area contributed by atoms with Crippen molar-refractivity contribution in [2.24, 2.45) is 12.2 Å². The van der Waals surface area contributed by atoms with Crippen LogP contribution in [0.2, 0.25) is 0 Å². The maximum atomic E-state index is 11.1. The molecule has 0 aliphatic rings. The molecule has 0 saturated carbocycles. The van der Waals surface area contributed by atoms with E-state index in [0.717, 1.165) is 0 Å². The van der Waals surface area contributed by atoms with Crippen LogP contribution in [-0.2, 0) is 7.05 Å². The predicted molar refractivity (Wildman–Crippen MR) is 50.3 cm³/mol. The monoisotopic (exact) mass is 190 g/mol. The molecule has 0 aliphatic heterocycles. The average molecular weight is 190 g/mol. The van der Waals surface area contributed by atoms with Gasteiger partial charge in [0, 0.05) is 17.6 Å². The summed E-state index contributed by atoms with van der Waals surface area (Å²) in [7, 11) is 1.59. The van der Waals surface area contributed by atoms with Gasteiger partial charge in [-0.1, -0.05) is 5.11 Å². The van der Waals surface area contributed by atoms with Gasteiger partial charge in [-0.25, -0.2) is 4.79 Å². The van der Waals surface area contributed by atoms with Crippen LogP contribution in [-0.4, -0.2) is 4.57 Å². The molecule has 0 fully saturated rings. The first-order valence-corrected chi connectivity index (χ1v) is 3.87. The van der Waals surface area contributed by atoms with Gasteiger partial charge in [0.2, 0.25) is 0 Å². The Morgan fingerprint density at radius 2 is 2.36 bits per heavy atom. The SMILES string of the molecule is Cn1c(=O)oc2ccc(N=[N+]=[N-])cc21. The molecular formula is C8H6N4O2. The molecule has 14 heavy (non-hydrogen) atoms. The number of fused-ring (bicyclic) bond motifs is 1. The van der Waals surface area contributed by atoms with Crippen LogP contribution in [0.15, 0.2) is 32.5 Å². The van der Waals surface area contributed by atoms with E-state index in [1.54, 1.807) is 25.2 Å². The Balaban J connectivity index is 2.81. The molecule has 0 radical (unpaired) electrons. The molecule has 0 unspecified atom stereocenters. The topological polar surface area (TPSA) is 83.9 Å².